The van der Waals surface area contributed by atoms with Gasteiger partial charge in [-0.15, -0.1) is 5.10 Å². The Hall–Kier alpha value is -1.52. The van der Waals surface area contributed by atoms with Gasteiger partial charge in [-0.3, -0.25) is 9.48 Å². The van der Waals surface area contributed by atoms with Crippen molar-refractivity contribution in [2.75, 3.05) is 20.1 Å². The Morgan fingerprint density at radius 1 is 1.56 bits per heavy atom. The van der Waals surface area contributed by atoms with Crippen LogP contribution in [0.25, 0.3) is 0 Å². The summed E-state index contributed by atoms with van der Waals surface area (Å²) >= 11 is 0. The van der Waals surface area contributed by atoms with E-state index < -0.39 is 16.2 Å². The molecule has 0 aliphatic rings. The van der Waals surface area contributed by atoms with Crippen molar-refractivity contribution in [3.05, 3.63) is 12.4 Å². The molecular weight excluding hydrogens is 262 g/mol. The quantitative estimate of drug-likeness (QED) is 0.598. The zero-order valence-electron chi connectivity index (χ0n) is 9.85. The summed E-state index contributed by atoms with van der Waals surface area (Å²) < 4.78 is 28.1. The third kappa shape index (κ3) is 4.77. The van der Waals surface area contributed by atoms with Gasteiger partial charge in [0.05, 0.1) is 19.2 Å². The maximum absolute atomic E-state index is 11.6. The second-order valence-electron chi connectivity index (χ2n) is 3.53. The van der Waals surface area contributed by atoms with Gasteiger partial charge in [0.15, 0.2) is 0 Å². The summed E-state index contributed by atoms with van der Waals surface area (Å²) in [6.45, 7) is 0.434. The van der Waals surface area contributed by atoms with Gasteiger partial charge in [-0.25, -0.2) is 4.72 Å². The number of rotatable bonds is 8. The third-order valence-electron chi connectivity index (χ3n) is 2.15. The number of carboxylic acids is 1. The van der Waals surface area contributed by atoms with E-state index in [9.17, 15) is 13.2 Å². The van der Waals surface area contributed by atoms with E-state index >= 15 is 0 Å². The molecule has 18 heavy (non-hydrogen) atoms. The number of hydrogen-bond acceptors (Lipinski definition) is 5. The van der Waals surface area contributed by atoms with Crippen molar-refractivity contribution in [3.8, 4) is 0 Å². The highest BCUT2D eigenvalue weighted by molar-refractivity contribution is 7.87. The summed E-state index contributed by atoms with van der Waals surface area (Å²) in [5, 5.41) is 15.7. The molecule has 0 spiro atoms. The Bertz CT molecular complexity index is 472. The van der Waals surface area contributed by atoms with Gasteiger partial charge in [-0.2, -0.15) is 12.7 Å². The lowest BCUT2D eigenvalue weighted by Gasteiger charge is -2.16. The van der Waals surface area contributed by atoms with Crippen LogP contribution in [0.5, 0.6) is 0 Å². The zero-order chi connectivity index (χ0) is 13.6. The van der Waals surface area contributed by atoms with Crippen LogP contribution < -0.4 is 4.72 Å². The van der Waals surface area contributed by atoms with Crippen LogP contribution in [0.2, 0.25) is 0 Å². The van der Waals surface area contributed by atoms with Crippen LogP contribution in [-0.2, 0) is 21.5 Å². The number of nitrogens with zero attached hydrogens (tertiary/aromatic N) is 4. The van der Waals surface area contributed by atoms with Gasteiger partial charge < -0.3 is 5.11 Å². The minimum Gasteiger partial charge on any atom is -0.481 e. The molecule has 10 heteroatoms. The summed E-state index contributed by atoms with van der Waals surface area (Å²) in [7, 11) is -2.33. The highest BCUT2D eigenvalue weighted by atomic mass is 32.2. The van der Waals surface area contributed by atoms with Crippen LogP contribution in [0.15, 0.2) is 12.4 Å². The third-order valence-corrected chi connectivity index (χ3v) is 3.72. The van der Waals surface area contributed by atoms with E-state index in [1.165, 1.54) is 17.9 Å². The first-order chi connectivity index (χ1) is 8.42. The molecule has 0 radical (unpaired) electrons. The molecule has 2 N–H and O–H groups in total. The van der Waals surface area contributed by atoms with Crippen LogP contribution in [0, 0.1) is 0 Å². The number of hydrogen-bond donors (Lipinski definition) is 2. The maximum atomic E-state index is 11.6. The highest BCUT2D eigenvalue weighted by Crippen LogP contribution is 1.95. The molecule has 0 bridgehead atoms. The summed E-state index contributed by atoms with van der Waals surface area (Å²) in [5.74, 6) is -1.04. The van der Waals surface area contributed by atoms with Crippen molar-refractivity contribution < 1.29 is 18.3 Å². The molecule has 0 aliphatic heterocycles. The molecular formula is C8H15N5O4S. The van der Waals surface area contributed by atoms with Gasteiger partial charge in [0.25, 0.3) is 10.2 Å². The molecule has 0 atom stereocenters. The molecule has 9 nitrogen and oxygen atoms in total. The lowest BCUT2D eigenvalue weighted by atomic mass is 10.4. The van der Waals surface area contributed by atoms with Crippen LogP contribution in [0.1, 0.15) is 6.42 Å². The molecule has 102 valence electrons. The van der Waals surface area contributed by atoms with E-state index in [1.54, 1.807) is 6.20 Å². The van der Waals surface area contributed by atoms with Crippen molar-refractivity contribution in [2.24, 2.45) is 0 Å². The molecule has 0 fully saturated rings. The Balaban J connectivity index is 2.36. The molecule has 0 unspecified atom stereocenters. The monoisotopic (exact) mass is 277 g/mol. The molecule has 0 saturated heterocycles. The molecule has 0 aromatic carbocycles. The van der Waals surface area contributed by atoms with E-state index in [2.05, 4.69) is 15.0 Å². The zero-order valence-corrected chi connectivity index (χ0v) is 10.7. The molecule has 1 aromatic heterocycles. The van der Waals surface area contributed by atoms with Crippen LogP contribution in [-0.4, -0.2) is 58.9 Å². The summed E-state index contributed by atoms with van der Waals surface area (Å²) in [6.07, 6.45) is 2.87. The number of aromatic nitrogens is 3. The Labute approximate surface area is 105 Å². The lowest BCUT2D eigenvalue weighted by molar-refractivity contribution is -0.137. The van der Waals surface area contributed by atoms with Crippen molar-refractivity contribution in [3.63, 3.8) is 0 Å². The van der Waals surface area contributed by atoms with Crippen LogP contribution >= 0.6 is 0 Å². The Morgan fingerprint density at radius 2 is 2.28 bits per heavy atom. The van der Waals surface area contributed by atoms with Gasteiger partial charge in [0, 0.05) is 26.3 Å². The summed E-state index contributed by atoms with van der Waals surface area (Å²) in [6, 6.07) is 0. The fraction of sp³-hybridized carbons (Fsp3) is 0.625. The second-order valence-corrected chi connectivity index (χ2v) is 5.39. The van der Waals surface area contributed by atoms with Crippen molar-refractivity contribution in [1.82, 2.24) is 24.0 Å². The fourth-order valence-electron chi connectivity index (χ4n) is 1.12. The molecule has 0 aliphatic carbocycles. The van der Waals surface area contributed by atoms with Crippen LogP contribution in [0.4, 0.5) is 0 Å². The summed E-state index contributed by atoms with van der Waals surface area (Å²) in [5.41, 5.74) is 0. The minimum atomic E-state index is -3.65. The van der Waals surface area contributed by atoms with Gasteiger partial charge in [-0.1, -0.05) is 5.21 Å². The predicted octanol–water partition coefficient (Wildman–Crippen LogP) is -1.48. The molecule has 1 rings (SSSR count). The smallest absolute Gasteiger partial charge is 0.304 e. The predicted molar refractivity (Wildman–Crippen MR) is 61.8 cm³/mol. The Morgan fingerprint density at radius 3 is 2.83 bits per heavy atom. The van der Waals surface area contributed by atoms with E-state index in [4.69, 9.17) is 5.11 Å². The van der Waals surface area contributed by atoms with E-state index in [-0.39, 0.29) is 19.5 Å². The largest absolute Gasteiger partial charge is 0.481 e. The minimum absolute atomic E-state index is 0.0754. The topological polar surface area (TPSA) is 117 Å². The first kappa shape index (κ1) is 14.5. The molecule has 0 saturated carbocycles. The lowest BCUT2D eigenvalue weighted by Crippen LogP contribution is -2.40. The van der Waals surface area contributed by atoms with Gasteiger partial charge in [0.1, 0.15) is 0 Å². The normalized spacial score (nSPS) is 11.9. The standard InChI is InChI=1S/C8H15N5O4S/c1-12(5-2-8(14)15)18(16,17)10-4-7-13-6-3-9-11-13/h3,6,10H,2,4-5,7H2,1H3,(H,14,15). The van der Waals surface area contributed by atoms with Gasteiger partial charge in [-0.05, 0) is 0 Å². The first-order valence-electron chi connectivity index (χ1n) is 5.18. The number of carboxylic acid groups (broad SMARTS) is 1. The number of aliphatic carboxylic acids is 1. The second kappa shape index (κ2) is 6.42. The van der Waals surface area contributed by atoms with Crippen molar-refractivity contribution >= 4 is 16.2 Å². The summed E-state index contributed by atoms with van der Waals surface area (Å²) in [4.78, 5) is 10.3. The Kier molecular flexibility index (Phi) is 5.19. The van der Waals surface area contributed by atoms with E-state index in [0.29, 0.717) is 6.54 Å². The van der Waals surface area contributed by atoms with E-state index in [0.717, 1.165) is 4.31 Å². The van der Waals surface area contributed by atoms with Crippen LogP contribution in [0.3, 0.4) is 0 Å². The van der Waals surface area contributed by atoms with Gasteiger partial charge >= 0.3 is 5.97 Å². The number of nitrogens with one attached hydrogen (secondary N) is 1. The molecule has 0 amide bonds. The average molecular weight is 277 g/mol. The average Bonchev–Trinajstić information content (AvgIpc) is 2.78. The van der Waals surface area contributed by atoms with Gasteiger partial charge in [0.2, 0.25) is 0 Å². The van der Waals surface area contributed by atoms with Crippen molar-refractivity contribution in [1.29, 1.82) is 0 Å². The highest BCUT2D eigenvalue weighted by Gasteiger charge is 2.17. The SMILES string of the molecule is CN(CCC(=O)O)S(=O)(=O)NCCn1ccnn1. The van der Waals surface area contributed by atoms with Crippen molar-refractivity contribution in [2.45, 2.75) is 13.0 Å². The molecule has 1 aromatic rings. The fourth-order valence-corrected chi connectivity index (χ4v) is 2.03. The maximum Gasteiger partial charge on any atom is 0.304 e. The molecule has 1 heterocycles. The number of carbonyl (C=O) groups is 1. The first-order valence-corrected chi connectivity index (χ1v) is 6.62. The van der Waals surface area contributed by atoms with E-state index in [1.807, 2.05) is 0 Å².